The Labute approximate surface area is 378 Å². The van der Waals surface area contributed by atoms with Crippen molar-refractivity contribution < 1.29 is 16.9 Å². The number of fused-ring (bicyclic) bond motifs is 2. The molecule has 0 fully saturated rings. The molecule has 4 aromatic rings. The highest BCUT2D eigenvalue weighted by Crippen LogP contribution is 2.23. The van der Waals surface area contributed by atoms with Gasteiger partial charge in [-0.1, -0.05) is 252 Å². The van der Waals surface area contributed by atoms with E-state index in [0.717, 1.165) is 0 Å². The van der Waals surface area contributed by atoms with E-state index in [0.29, 0.717) is 0 Å². The molecule has 0 N–H and O–H groups in total. The van der Waals surface area contributed by atoms with Crippen molar-refractivity contribution in [2.24, 2.45) is 0 Å². The fraction of sp³-hybridized carbons (Fsp3) is 0.655. The lowest BCUT2D eigenvalue weighted by molar-refractivity contribution is -0.890. The van der Waals surface area contributed by atoms with Gasteiger partial charge in [0, 0.05) is 0 Å². The van der Waals surface area contributed by atoms with E-state index in [1.54, 1.807) is 0 Å². The number of nitrogens with zero attached hydrogens (tertiary/aromatic N) is 1. The number of hydrogen-bond donors (Lipinski definition) is 0. The molecule has 0 spiro atoms. The highest BCUT2D eigenvalue weighted by atomic mass is 35.5. The SMILES string of the molecule is C[N+](C)(CCCCCCCCCCCCCCCCCCc1cccc2ccccc12)CCCCCCCCCCCCCCCCCCc1cccc2ccccc12.[Cl-]. The van der Waals surface area contributed by atoms with Gasteiger partial charge in [-0.25, -0.2) is 0 Å². The van der Waals surface area contributed by atoms with Gasteiger partial charge in [-0.3, -0.25) is 0 Å². The lowest BCUT2D eigenvalue weighted by Gasteiger charge is -2.30. The molecule has 336 valence electrons. The Kier molecular flexibility index (Phi) is 29.6. The predicted octanol–water partition coefficient (Wildman–Crippen LogP) is 15.3. The first-order valence-corrected chi connectivity index (χ1v) is 25.9. The molecule has 0 aliphatic heterocycles. The third-order valence-electron chi connectivity index (χ3n) is 13.7. The normalized spacial score (nSPS) is 11.8. The zero-order chi connectivity index (χ0) is 41.3. The highest BCUT2D eigenvalue weighted by molar-refractivity contribution is 5.86. The first-order chi connectivity index (χ1) is 29.1. The molecule has 4 rings (SSSR count). The van der Waals surface area contributed by atoms with Crippen LogP contribution in [0.1, 0.15) is 217 Å². The largest absolute Gasteiger partial charge is 1.00 e. The van der Waals surface area contributed by atoms with E-state index in [-0.39, 0.29) is 12.4 Å². The summed E-state index contributed by atoms with van der Waals surface area (Å²) in [6, 6.07) is 31.3. The summed E-state index contributed by atoms with van der Waals surface area (Å²) < 4.78 is 1.23. The molecule has 0 saturated heterocycles. The van der Waals surface area contributed by atoms with Gasteiger partial charge in [-0.2, -0.15) is 0 Å². The second kappa shape index (κ2) is 34.2. The fourth-order valence-corrected chi connectivity index (χ4v) is 9.79. The third kappa shape index (κ3) is 23.8. The Hall–Kier alpha value is -2.35. The number of benzene rings is 4. The van der Waals surface area contributed by atoms with Crippen molar-refractivity contribution in [2.75, 3.05) is 27.2 Å². The summed E-state index contributed by atoms with van der Waals surface area (Å²) in [4.78, 5) is 0. The standard InChI is InChI=1S/C58H92N.ClH/c1-59(2,51-37-29-25-21-17-13-9-5-3-7-11-15-19-23-27-31-41-53-45-39-47-55-43-33-35-49-57(53)55)52-38-30-26-22-18-14-10-6-4-8-12-16-20-24-28-32-42-54-46-40-48-56-44-34-36-50-58(54)56;/h33-36,39-40,43-50H,3-32,37-38,41-42,51-52H2,1-2H3;1H/q+1;/p-1. The van der Waals surface area contributed by atoms with Crippen LogP contribution >= 0.6 is 0 Å². The first-order valence-electron chi connectivity index (χ1n) is 25.9. The van der Waals surface area contributed by atoms with E-state index in [1.807, 2.05) is 0 Å². The highest BCUT2D eigenvalue weighted by Gasteiger charge is 2.13. The number of rotatable bonds is 38. The molecule has 0 aliphatic rings. The van der Waals surface area contributed by atoms with E-state index in [4.69, 9.17) is 0 Å². The van der Waals surface area contributed by atoms with E-state index in [2.05, 4.69) is 99.0 Å². The van der Waals surface area contributed by atoms with Crippen molar-refractivity contribution in [1.82, 2.24) is 0 Å². The molecule has 4 aromatic carbocycles. The fourth-order valence-electron chi connectivity index (χ4n) is 9.79. The van der Waals surface area contributed by atoms with Crippen LogP contribution in [0.3, 0.4) is 0 Å². The van der Waals surface area contributed by atoms with Crippen molar-refractivity contribution in [3.05, 3.63) is 96.1 Å². The zero-order valence-corrected chi connectivity index (χ0v) is 40.1. The molecular weight excluding hydrogens is 746 g/mol. The zero-order valence-electron chi connectivity index (χ0n) is 39.4. The van der Waals surface area contributed by atoms with Gasteiger partial charge in [0.1, 0.15) is 0 Å². The number of aryl methyl sites for hydroxylation is 2. The second-order valence-corrected chi connectivity index (χ2v) is 19.5. The summed E-state index contributed by atoms with van der Waals surface area (Å²) in [5.74, 6) is 0. The lowest BCUT2D eigenvalue weighted by Crippen LogP contribution is -3.00. The van der Waals surface area contributed by atoms with Gasteiger partial charge >= 0.3 is 0 Å². The van der Waals surface area contributed by atoms with Crippen LogP contribution in [-0.4, -0.2) is 31.7 Å². The second-order valence-electron chi connectivity index (χ2n) is 19.5. The van der Waals surface area contributed by atoms with Gasteiger partial charge in [0.25, 0.3) is 0 Å². The van der Waals surface area contributed by atoms with Crippen molar-refractivity contribution in [3.63, 3.8) is 0 Å². The molecule has 0 atom stereocenters. The molecule has 0 unspecified atom stereocenters. The average Bonchev–Trinajstić information content (AvgIpc) is 3.25. The molecule has 1 nitrogen and oxygen atoms in total. The first kappa shape index (κ1) is 52.0. The van der Waals surface area contributed by atoms with Crippen LogP contribution in [0.2, 0.25) is 0 Å². The summed E-state index contributed by atoms with van der Waals surface area (Å²) in [7, 11) is 4.95. The number of unbranched alkanes of at least 4 members (excludes halogenated alkanes) is 30. The molecule has 0 saturated carbocycles. The number of hydrogen-bond acceptors (Lipinski definition) is 0. The molecule has 0 aliphatic carbocycles. The van der Waals surface area contributed by atoms with Crippen LogP contribution in [0.15, 0.2) is 84.9 Å². The Bertz CT molecular complexity index is 1460. The van der Waals surface area contributed by atoms with Crippen LogP contribution in [0.5, 0.6) is 0 Å². The van der Waals surface area contributed by atoms with Gasteiger partial charge in [0.15, 0.2) is 0 Å². The van der Waals surface area contributed by atoms with Gasteiger partial charge in [0.2, 0.25) is 0 Å². The minimum atomic E-state index is 0. The van der Waals surface area contributed by atoms with Crippen molar-refractivity contribution in [2.45, 2.75) is 218 Å². The van der Waals surface area contributed by atoms with Crippen LogP contribution in [0.25, 0.3) is 21.5 Å². The van der Waals surface area contributed by atoms with Crippen LogP contribution in [0.4, 0.5) is 0 Å². The quantitative estimate of drug-likeness (QED) is 0.0312. The summed E-state index contributed by atoms with van der Waals surface area (Å²) in [5, 5.41) is 5.68. The molecular formula is C58H92ClN. The van der Waals surface area contributed by atoms with Crippen LogP contribution in [-0.2, 0) is 12.8 Å². The maximum absolute atomic E-state index is 2.48. The van der Waals surface area contributed by atoms with E-state index in [1.165, 1.54) is 269 Å². The van der Waals surface area contributed by atoms with Crippen molar-refractivity contribution >= 4 is 21.5 Å². The Balaban J connectivity index is 0.00000961. The van der Waals surface area contributed by atoms with Gasteiger partial charge < -0.3 is 16.9 Å². The average molecular weight is 839 g/mol. The molecule has 0 heterocycles. The molecule has 0 amide bonds. The Morgan fingerprint density at radius 3 is 0.800 bits per heavy atom. The summed E-state index contributed by atoms with van der Waals surface area (Å²) in [6.07, 6.45) is 48.5. The maximum atomic E-state index is 2.48. The minimum absolute atomic E-state index is 0. The van der Waals surface area contributed by atoms with Gasteiger partial charge in [-0.05, 0) is 84.0 Å². The van der Waals surface area contributed by atoms with Crippen LogP contribution in [0, 0.1) is 0 Å². The maximum Gasteiger partial charge on any atom is 0.0782 e. The van der Waals surface area contributed by atoms with Crippen LogP contribution < -0.4 is 12.4 Å². The lowest BCUT2D eigenvalue weighted by atomic mass is 9.99. The summed E-state index contributed by atoms with van der Waals surface area (Å²) in [5.41, 5.74) is 3.07. The minimum Gasteiger partial charge on any atom is -1.00 e. The van der Waals surface area contributed by atoms with E-state index >= 15 is 0 Å². The van der Waals surface area contributed by atoms with Gasteiger partial charge in [-0.15, -0.1) is 0 Å². The topological polar surface area (TPSA) is 0 Å². The monoisotopic (exact) mass is 838 g/mol. The van der Waals surface area contributed by atoms with Crippen molar-refractivity contribution in [3.8, 4) is 0 Å². The molecule has 0 aromatic heterocycles. The predicted molar refractivity (Wildman–Crippen MR) is 265 cm³/mol. The smallest absolute Gasteiger partial charge is 0.0782 e. The van der Waals surface area contributed by atoms with E-state index in [9.17, 15) is 0 Å². The van der Waals surface area contributed by atoms with E-state index < -0.39 is 0 Å². The Morgan fingerprint density at radius 1 is 0.267 bits per heavy atom. The summed E-state index contributed by atoms with van der Waals surface area (Å²) >= 11 is 0. The number of quaternary nitrogens is 1. The van der Waals surface area contributed by atoms with Crippen molar-refractivity contribution in [1.29, 1.82) is 0 Å². The molecule has 0 radical (unpaired) electrons. The third-order valence-corrected chi connectivity index (χ3v) is 13.7. The molecule has 60 heavy (non-hydrogen) atoms. The number of halogens is 1. The molecule has 0 bridgehead atoms. The van der Waals surface area contributed by atoms with Gasteiger partial charge in [0.05, 0.1) is 27.2 Å². The summed E-state index contributed by atoms with van der Waals surface area (Å²) in [6.45, 7) is 2.75. The Morgan fingerprint density at radius 2 is 0.500 bits per heavy atom. The molecule has 2 heteroatoms.